The van der Waals surface area contributed by atoms with E-state index >= 15 is 0 Å². The third-order valence-corrected chi connectivity index (χ3v) is 7.05. The second-order valence-electron chi connectivity index (χ2n) is 9.19. The molecule has 166 valence electrons. The zero-order valence-electron chi connectivity index (χ0n) is 18.3. The lowest BCUT2D eigenvalue weighted by atomic mass is 9.78. The Kier molecular flexibility index (Phi) is 6.56. The van der Waals surface area contributed by atoms with Gasteiger partial charge in [-0.3, -0.25) is 9.59 Å². The Morgan fingerprint density at radius 3 is 2.71 bits per heavy atom. The Morgan fingerprint density at radius 2 is 2.00 bits per heavy atom. The molecule has 2 aliphatic rings. The Labute approximate surface area is 183 Å². The van der Waals surface area contributed by atoms with Crippen LogP contribution in [0.4, 0.5) is 4.39 Å². The fraction of sp³-hybridized carbons (Fsp3) is 0.520. The maximum absolute atomic E-state index is 14.6. The molecule has 1 aromatic heterocycles. The highest BCUT2D eigenvalue weighted by molar-refractivity contribution is 5.95. The smallest absolute Gasteiger partial charge is 0.263 e. The molecule has 1 atom stereocenters. The van der Waals surface area contributed by atoms with E-state index in [0.717, 1.165) is 51.6 Å². The van der Waals surface area contributed by atoms with Gasteiger partial charge >= 0.3 is 0 Å². The molecule has 1 unspecified atom stereocenters. The van der Waals surface area contributed by atoms with Gasteiger partial charge in [-0.05, 0) is 74.9 Å². The first-order valence-corrected chi connectivity index (χ1v) is 11.4. The Hall–Kier alpha value is -2.47. The van der Waals surface area contributed by atoms with Gasteiger partial charge in [-0.25, -0.2) is 4.39 Å². The summed E-state index contributed by atoms with van der Waals surface area (Å²) in [5.74, 6) is -0.188. The maximum Gasteiger partial charge on any atom is 0.263 e. The van der Waals surface area contributed by atoms with Crippen LogP contribution in [0.3, 0.4) is 0 Å². The molecule has 1 saturated heterocycles. The van der Waals surface area contributed by atoms with E-state index in [0.29, 0.717) is 30.1 Å². The van der Waals surface area contributed by atoms with Gasteiger partial charge in [0.25, 0.3) is 11.5 Å². The van der Waals surface area contributed by atoms with Crippen LogP contribution in [0.2, 0.25) is 0 Å². The molecule has 31 heavy (non-hydrogen) atoms. The topological polar surface area (TPSA) is 63.1 Å². The monoisotopic (exact) mass is 425 g/mol. The first-order valence-electron chi connectivity index (χ1n) is 11.4. The van der Waals surface area contributed by atoms with Crippen molar-refractivity contribution >= 4 is 5.91 Å². The minimum Gasteiger partial charge on any atom is -0.351 e. The van der Waals surface area contributed by atoms with Crippen LogP contribution in [0.1, 0.15) is 60.0 Å². The first kappa shape index (κ1) is 21.8. The van der Waals surface area contributed by atoms with E-state index in [1.54, 1.807) is 23.8 Å². The third kappa shape index (κ3) is 4.59. The van der Waals surface area contributed by atoms with Crippen molar-refractivity contribution in [3.63, 3.8) is 0 Å². The molecule has 6 heteroatoms. The van der Waals surface area contributed by atoms with Gasteiger partial charge in [0.05, 0.1) is 0 Å². The first-order chi connectivity index (χ1) is 15.0. The number of pyridine rings is 1. The van der Waals surface area contributed by atoms with E-state index in [1.807, 2.05) is 18.2 Å². The summed E-state index contributed by atoms with van der Waals surface area (Å²) in [7, 11) is 0. The average Bonchev–Trinajstić information content (AvgIpc) is 3.25. The molecule has 0 spiro atoms. The van der Waals surface area contributed by atoms with Crippen molar-refractivity contribution in [1.82, 2.24) is 15.2 Å². The summed E-state index contributed by atoms with van der Waals surface area (Å²) >= 11 is 0. The van der Waals surface area contributed by atoms with Crippen LogP contribution in [0.5, 0.6) is 0 Å². The molecule has 0 bridgehead atoms. The van der Waals surface area contributed by atoms with E-state index in [4.69, 9.17) is 0 Å². The molecule has 0 radical (unpaired) electrons. The number of nitrogens with zero attached hydrogens (tertiary/aromatic N) is 1. The van der Waals surface area contributed by atoms with Crippen LogP contribution >= 0.6 is 0 Å². The average molecular weight is 426 g/mol. The zero-order chi connectivity index (χ0) is 21.8. The molecule has 1 aliphatic carbocycles. The van der Waals surface area contributed by atoms with Crippen molar-refractivity contribution in [2.24, 2.45) is 5.92 Å². The predicted molar refractivity (Wildman–Crippen MR) is 120 cm³/mol. The van der Waals surface area contributed by atoms with E-state index in [-0.39, 0.29) is 22.8 Å². The Morgan fingerprint density at radius 1 is 1.23 bits per heavy atom. The number of benzene rings is 1. The second-order valence-corrected chi connectivity index (χ2v) is 9.19. The van der Waals surface area contributed by atoms with Gasteiger partial charge in [0.2, 0.25) is 0 Å². The molecule has 1 saturated carbocycles. The summed E-state index contributed by atoms with van der Waals surface area (Å²) < 4.78 is 16.2. The number of carbonyl (C=O) groups is 1. The highest BCUT2D eigenvalue weighted by Gasteiger charge is 2.38. The van der Waals surface area contributed by atoms with Crippen molar-refractivity contribution in [3.8, 4) is 0 Å². The molecule has 1 amide bonds. The lowest BCUT2D eigenvalue weighted by Gasteiger charge is -2.30. The van der Waals surface area contributed by atoms with E-state index < -0.39 is 5.41 Å². The van der Waals surface area contributed by atoms with Gasteiger partial charge in [-0.2, -0.15) is 0 Å². The highest BCUT2D eigenvalue weighted by atomic mass is 19.1. The number of aromatic nitrogens is 1. The third-order valence-electron chi connectivity index (χ3n) is 7.05. The van der Waals surface area contributed by atoms with Crippen LogP contribution in [-0.2, 0) is 12.0 Å². The molecule has 2 aromatic rings. The van der Waals surface area contributed by atoms with Crippen LogP contribution in [0.15, 0.2) is 41.3 Å². The molecule has 1 aliphatic heterocycles. The number of aryl methyl sites for hydroxylation is 1. The maximum atomic E-state index is 14.6. The lowest BCUT2D eigenvalue weighted by molar-refractivity contribution is 0.0939. The van der Waals surface area contributed by atoms with E-state index in [2.05, 4.69) is 10.6 Å². The fourth-order valence-electron chi connectivity index (χ4n) is 5.27. The largest absolute Gasteiger partial charge is 0.351 e. The van der Waals surface area contributed by atoms with Crippen LogP contribution in [0, 0.1) is 18.7 Å². The zero-order valence-corrected chi connectivity index (χ0v) is 18.3. The molecule has 2 heterocycles. The number of nitrogens with one attached hydrogen (secondary N) is 2. The number of carbonyl (C=O) groups excluding carboxylic acids is 1. The highest BCUT2D eigenvalue weighted by Crippen LogP contribution is 2.41. The van der Waals surface area contributed by atoms with Gasteiger partial charge in [-0.15, -0.1) is 0 Å². The summed E-state index contributed by atoms with van der Waals surface area (Å²) in [6.45, 7) is 4.67. The van der Waals surface area contributed by atoms with Gasteiger partial charge in [0.1, 0.15) is 11.4 Å². The number of hydrogen-bond acceptors (Lipinski definition) is 3. The number of piperidine rings is 1. The molecular formula is C25H32FN3O2. The molecular weight excluding hydrogens is 393 g/mol. The number of halogens is 1. The van der Waals surface area contributed by atoms with Crippen LogP contribution < -0.4 is 16.2 Å². The normalized spacial score (nSPS) is 20.5. The van der Waals surface area contributed by atoms with Crippen molar-refractivity contribution in [3.05, 3.63) is 69.4 Å². The summed E-state index contributed by atoms with van der Waals surface area (Å²) in [5, 5.41) is 6.36. The minimum absolute atomic E-state index is 0.202. The van der Waals surface area contributed by atoms with Gasteiger partial charge in [0, 0.05) is 24.7 Å². The van der Waals surface area contributed by atoms with Crippen molar-refractivity contribution in [2.75, 3.05) is 19.6 Å². The Bertz CT molecular complexity index is 989. The van der Waals surface area contributed by atoms with Crippen molar-refractivity contribution < 1.29 is 9.18 Å². The molecule has 2 N–H and O–H groups in total. The second kappa shape index (κ2) is 9.35. The SMILES string of the molecule is Cc1ccn(CC2CCCNC2)c(=O)c1C(=O)NCC1(c2ccccc2F)CCCC1. The van der Waals surface area contributed by atoms with Gasteiger partial charge in [0.15, 0.2) is 0 Å². The molecule has 1 aromatic carbocycles. The van der Waals surface area contributed by atoms with Crippen LogP contribution in [-0.4, -0.2) is 30.1 Å². The molecule has 4 rings (SSSR count). The molecule has 2 fully saturated rings. The van der Waals surface area contributed by atoms with E-state index in [9.17, 15) is 14.0 Å². The summed E-state index contributed by atoms with van der Waals surface area (Å²) in [5.41, 5.74) is 0.894. The van der Waals surface area contributed by atoms with Crippen LogP contribution in [0.25, 0.3) is 0 Å². The molecule has 5 nitrogen and oxygen atoms in total. The van der Waals surface area contributed by atoms with E-state index in [1.165, 1.54) is 6.07 Å². The lowest BCUT2D eigenvalue weighted by Crippen LogP contribution is -2.42. The predicted octanol–water partition coefficient (Wildman–Crippen LogP) is 3.54. The standard InChI is InChI=1S/C25H32FN3O2/c1-18-10-14-29(16-19-7-6-13-27-15-19)24(31)22(18)23(30)28-17-25(11-4-5-12-25)20-8-2-3-9-21(20)26/h2-3,8-10,14,19,27H,4-7,11-13,15-17H2,1H3,(H,28,30). The van der Waals surface area contributed by atoms with Crippen molar-refractivity contribution in [1.29, 1.82) is 0 Å². The quantitative estimate of drug-likeness (QED) is 0.744. The summed E-state index contributed by atoms with van der Waals surface area (Å²) in [4.78, 5) is 26.2. The summed E-state index contributed by atoms with van der Waals surface area (Å²) in [6, 6.07) is 8.69. The summed E-state index contributed by atoms with van der Waals surface area (Å²) in [6.07, 6.45) is 7.67. The number of amides is 1. The van der Waals surface area contributed by atoms with Gasteiger partial charge in [-0.1, -0.05) is 31.0 Å². The Balaban J connectivity index is 1.53. The number of rotatable bonds is 6. The van der Waals surface area contributed by atoms with Gasteiger partial charge < -0.3 is 15.2 Å². The fourth-order valence-corrected chi connectivity index (χ4v) is 5.27. The van der Waals surface area contributed by atoms with Crippen molar-refractivity contribution in [2.45, 2.75) is 57.4 Å². The number of hydrogen-bond donors (Lipinski definition) is 2. The minimum atomic E-state index is -0.406.